The first-order chi connectivity index (χ1) is 17.1. The van der Waals surface area contributed by atoms with Gasteiger partial charge in [0.1, 0.15) is 5.82 Å². The molecule has 3 aromatic rings. The fourth-order valence-corrected chi connectivity index (χ4v) is 4.45. The van der Waals surface area contributed by atoms with Crippen LogP contribution in [-0.4, -0.2) is 69.6 Å². The molecule has 2 saturated heterocycles. The van der Waals surface area contributed by atoms with Gasteiger partial charge < -0.3 is 29.5 Å². The predicted molar refractivity (Wildman–Crippen MR) is 137 cm³/mol. The molecule has 2 fully saturated rings. The quantitative estimate of drug-likeness (QED) is 0.534. The van der Waals surface area contributed by atoms with E-state index in [4.69, 9.17) is 21.1 Å². The number of ether oxygens (including phenoxy) is 2. The van der Waals surface area contributed by atoms with Crippen LogP contribution in [0.2, 0.25) is 5.02 Å². The number of morpholine rings is 2. The molecule has 8 nitrogen and oxygen atoms in total. The zero-order valence-electron chi connectivity index (χ0n) is 19.6. The summed E-state index contributed by atoms with van der Waals surface area (Å²) in [5.74, 6) is 0.475. The fraction of sp³-hybridized carbons (Fsp3) is 0.360. The highest BCUT2D eigenvalue weighted by atomic mass is 35.5. The van der Waals surface area contributed by atoms with Crippen LogP contribution in [0, 0.1) is 5.82 Å². The Morgan fingerprint density at radius 2 is 1.57 bits per heavy atom. The van der Waals surface area contributed by atoms with Crippen molar-refractivity contribution in [1.82, 2.24) is 9.97 Å². The summed E-state index contributed by atoms with van der Waals surface area (Å²) in [4.78, 5) is 15.3. The standard InChI is InChI=1S/C25H28ClFN6O2/c1-31(22-4-2-3-21(26)24(22)27)23-5-6-28-25(30-23)29-18-15-19(32-7-11-34-12-8-32)17-20(16-18)33-9-13-35-14-10-33/h2-6,15-17H,7-14H2,1H3,(H,28,29,30). The van der Waals surface area contributed by atoms with Crippen LogP contribution >= 0.6 is 11.6 Å². The minimum absolute atomic E-state index is 0.0670. The van der Waals surface area contributed by atoms with E-state index in [1.54, 1.807) is 36.3 Å². The van der Waals surface area contributed by atoms with Crippen molar-refractivity contribution in [1.29, 1.82) is 0 Å². The number of benzene rings is 2. The highest BCUT2D eigenvalue weighted by Crippen LogP contribution is 2.32. The fourth-order valence-electron chi connectivity index (χ4n) is 4.28. The maximum atomic E-state index is 14.6. The number of anilines is 6. The first-order valence-electron chi connectivity index (χ1n) is 11.7. The van der Waals surface area contributed by atoms with Crippen molar-refractivity contribution in [3.05, 3.63) is 59.5 Å². The van der Waals surface area contributed by atoms with Crippen LogP contribution in [0.15, 0.2) is 48.7 Å². The second-order valence-corrected chi connectivity index (χ2v) is 8.84. The van der Waals surface area contributed by atoms with Crippen molar-refractivity contribution < 1.29 is 13.9 Å². The summed E-state index contributed by atoms with van der Waals surface area (Å²) in [6, 6.07) is 13.0. The number of halogens is 2. The largest absolute Gasteiger partial charge is 0.378 e. The van der Waals surface area contributed by atoms with Crippen molar-refractivity contribution in [2.75, 3.05) is 79.7 Å². The van der Waals surface area contributed by atoms with Crippen LogP contribution in [-0.2, 0) is 9.47 Å². The molecule has 0 bridgehead atoms. The zero-order chi connectivity index (χ0) is 24.2. The minimum Gasteiger partial charge on any atom is -0.378 e. The number of rotatable bonds is 6. The van der Waals surface area contributed by atoms with Crippen LogP contribution in [0.5, 0.6) is 0 Å². The van der Waals surface area contributed by atoms with Gasteiger partial charge in [0, 0.05) is 56.5 Å². The Balaban J connectivity index is 1.43. The Kier molecular flexibility index (Phi) is 7.17. The number of nitrogens with zero attached hydrogens (tertiary/aromatic N) is 5. The highest BCUT2D eigenvalue weighted by molar-refractivity contribution is 6.31. The number of hydrogen-bond acceptors (Lipinski definition) is 8. The Morgan fingerprint density at radius 3 is 2.20 bits per heavy atom. The molecule has 2 aromatic carbocycles. The molecule has 3 heterocycles. The minimum atomic E-state index is -0.488. The van der Waals surface area contributed by atoms with E-state index >= 15 is 0 Å². The van der Waals surface area contributed by atoms with Crippen LogP contribution in [0.25, 0.3) is 0 Å². The van der Waals surface area contributed by atoms with E-state index in [0.29, 0.717) is 43.9 Å². The van der Waals surface area contributed by atoms with Crippen molar-refractivity contribution in [2.24, 2.45) is 0 Å². The third-order valence-electron chi connectivity index (χ3n) is 6.19. The van der Waals surface area contributed by atoms with E-state index in [0.717, 1.165) is 43.2 Å². The van der Waals surface area contributed by atoms with Gasteiger partial charge in [0.25, 0.3) is 0 Å². The van der Waals surface area contributed by atoms with E-state index in [-0.39, 0.29) is 5.02 Å². The summed E-state index contributed by atoms with van der Waals surface area (Å²) in [7, 11) is 1.75. The first kappa shape index (κ1) is 23.6. The smallest absolute Gasteiger partial charge is 0.229 e. The van der Waals surface area contributed by atoms with Crippen molar-refractivity contribution in [3.8, 4) is 0 Å². The summed E-state index contributed by atoms with van der Waals surface area (Å²) < 4.78 is 25.6. The molecule has 0 amide bonds. The Hall–Kier alpha value is -3.14. The summed E-state index contributed by atoms with van der Waals surface area (Å²) in [6.45, 7) is 6.21. The van der Waals surface area contributed by atoms with Gasteiger partial charge in [0.15, 0.2) is 5.82 Å². The molecular weight excluding hydrogens is 471 g/mol. The third-order valence-corrected chi connectivity index (χ3v) is 6.48. The lowest BCUT2D eigenvalue weighted by atomic mass is 10.2. The van der Waals surface area contributed by atoms with Crippen LogP contribution in [0.4, 0.5) is 38.9 Å². The average molecular weight is 499 g/mol. The molecule has 2 aliphatic rings. The molecule has 5 rings (SSSR count). The monoisotopic (exact) mass is 498 g/mol. The molecule has 184 valence electrons. The molecule has 0 saturated carbocycles. The lowest BCUT2D eigenvalue weighted by Crippen LogP contribution is -2.38. The van der Waals surface area contributed by atoms with E-state index < -0.39 is 5.82 Å². The van der Waals surface area contributed by atoms with Gasteiger partial charge in [-0.05, 0) is 36.4 Å². The second-order valence-electron chi connectivity index (χ2n) is 8.43. The van der Waals surface area contributed by atoms with Gasteiger partial charge in [-0.1, -0.05) is 17.7 Å². The highest BCUT2D eigenvalue weighted by Gasteiger charge is 2.18. The molecule has 1 aromatic heterocycles. The normalized spacial score (nSPS) is 16.3. The average Bonchev–Trinajstić information content (AvgIpc) is 2.91. The molecule has 35 heavy (non-hydrogen) atoms. The molecule has 0 atom stereocenters. The SMILES string of the molecule is CN(c1ccnc(Nc2cc(N3CCOCC3)cc(N3CCOCC3)c2)n1)c1cccc(Cl)c1F. The van der Waals surface area contributed by atoms with Crippen LogP contribution < -0.4 is 20.0 Å². The molecular formula is C25H28ClFN6O2. The van der Waals surface area contributed by atoms with Gasteiger partial charge in [0.05, 0.1) is 37.1 Å². The zero-order valence-corrected chi connectivity index (χ0v) is 20.3. The topological polar surface area (TPSA) is 66.0 Å². The van der Waals surface area contributed by atoms with Crippen molar-refractivity contribution in [3.63, 3.8) is 0 Å². The molecule has 0 aliphatic carbocycles. The van der Waals surface area contributed by atoms with Gasteiger partial charge in [-0.25, -0.2) is 9.37 Å². The lowest BCUT2D eigenvalue weighted by Gasteiger charge is -2.33. The van der Waals surface area contributed by atoms with Gasteiger partial charge >= 0.3 is 0 Å². The maximum Gasteiger partial charge on any atom is 0.229 e. The number of hydrogen-bond donors (Lipinski definition) is 1. The molecule has 0 spiro atoms. The van der Waals surface area contributed by atoms with Gasteiger partial charge in [-0.3, -0.25) is 0 Å². The second kappa shape index (κ2) is 10.6. The molecule has 0 radical (unpaired) electrons. The molecule has 1 N–H and O–H groups in total. The summed E-state index contributed by atoms with van der Waals surface area (Å²) in [5, 5.41) is 3.42. The van der Waals surface area contributed by atoms with Crippen LogP contribution in [0.1, 0.15) is 0 Å². The Bertz CT molecular complexity index is 1130. The lowest BCUT2D eigenvalue weighted by molar-refractivity contribution is 0.122. The Morgan fingerprint density at radius 1 is 0.943 bits per heavy atom. The molecule has 2 aliphatic heterocycles. The van der Waals surface area contributed by atoms with Gasteiger partial charge in [0.2, 0.25) is 5.95 Å². The van der Waals surface area contributed by atoms with E-state index in [1.807, 2.05) is 0 Å². The molecule has 10 heteroatoms. The van der Waals surface area contributed by atoms with Crippen LogP contribution in [0.3, 0.4) is 0 Å². The summed E-state index contributed by atoms with van der Waals surface area (Å²) in [5.41, 5.74) is 3.46. The summed E-state index contributed by atoms with van der Waals surface area (Å²) >= 11 is 5.97. The van der Waals surface area contributed by atoms with Gasteiger partial charge in [-0.15, -0.1) is 0 Å². The number of aromatic nitrogens is 2. The Labute approximate surface area is 209 Å². The first-order valence-corrected chi connectivity index (χ1v) is 12.0. The van der Waals surface area contributed by atoms with Crippen molar-refractivity contribution >= 4 is 46.1 Å². The summed E-state index contributed by atoms with van der Waals surface area (Å²) in [6.07, 6.45) is 1.65. The van der Waals surface area contributed by atoms with E-state index in [1.165, 1.54) is 6.07 Å². The third kappa shape index (κ3) is 5.42. The molecule has 0 unspecified atom stereocenters. The van der Waals surface area contributed by atoms with Crippen molar-refractivity contribution in [2.45, 2.75) is 0 Å². The van der Waals surface area contributed by atoms with E-state index in [9.17, 15) is 4.39 Å². The maximum absolute atomic E-state index is 14.6. The van der Waals surface area contributed by atoms with E-state index in [2.05, 4.69) is 43.3 Å². The predicted octanol–water partition coefficient (Wildman–Crippen LogP) is 4.45. The number of nitrogens with one attached hydrogen (secondary N) is 1. The van der Waals surface area contributed by atoms with Gasteiger partial charge in [-0.2, -0.15) is 4.98 Å².